The van der Waals surface area contributed by atoms with E-state index in [1.165, 1.54) is 0 Å². The molecule has 2 aromatic rings. The predicted molar refractivity (Wildman–Crippen MR) is 91.4 cm³/mol. The van der Waals surface area contributed by atoms with E-state index in [2.05, 4.69) is 39.1 Å². The van der Waals surface area contributed by atoms with Gasteiger partial charge in [-0.3, -0.25) is 0 Å². The smallest absolute Gasteiger partial charge is 0.127 e. The fourth-order valence-electron chi connectivity index (χ4n) is 2.21. The molecule has 21 heavy (non-hydrogen) atoms. The third-order valence-corrected chi connectivity index (χ3v) is 3.77. The average molecular weight is 306 g/mol. The van der Waals surface area contributed by atoms with Gasteiger partial charge >= 0.3 is 0 Å². The zero-order chi connectivity index (χ0) is 15.5. The SMILES string of the molecule is CCC(CNC(C)(C)C)Oc1ccc(Cl)c2ccccc12. The summed E-state index contributed by atoms with van der Waals surface area (Å²) in [5, 5.41) is 6.37. The maximum atomic E-state index is 6.25. The third kappa shape index (κ3) is 4.36. The summed E-state index contributed by atoms with van der Waals surface area (Å²) < 4.78 is 6.21. The van der Waals surface area contributed by atoms with Crippen LogP contribution in [0, 0.1) is 0 Å². The number of nitrogens with one attached hydrogen (secondary N) is 1. The van der Waals surface area contributed by atoms with Crippen LogP contribution in [0.2, 0.25) is 5.02 Å². The van der Waals surface area contributed by atoms with Crippen molar-refractivity contribution in [2.45, 2.75) is 45.8 Å². The maximum Gasteiger partial charge on any atom is 0.127 e. The van der Waals surface area contributed by atoms with Crippen LogP contribution in [-0.4, -0.2) is 18.2 Å². The first-order valence-corrected chi connectivity index (χ1v) is 7.87. The van der Waals surface area contributed by atoms with Crippen LogP contribution in [0.3, 0.4) is 0 Å². The van der Waals surface area contributed by atoms with Gasteiger partial charge in [0.2, 0.25) is 0 Å². The van der Waals surface area contributed by atoms with Gasteiger partial charge in [0.05, 0.1) is 0 Å². The fraction of sp³-hybridized carbons (Fsp3) is 0.444. The summed E-state index contributed by atoms with van der Waals surface area (Å²) >= 11 is 6.25. The number of fused-ring (bicyclic) bond motifs is 1. The Kier molecular flexibility index (Phi) is 5.13. The van der Waals surface area contributed by atoms with Gasteiger partial charge in [-0.05, 0) is 39.3 Å². The van der Waals surface area contributed by atoms with Crippen molar-refractivity contribution >= 4 is 22.4 Å². The summed E-state index contributed by atoms with van der Waals surface area (Å²) in [6, 6.07) is 12.0. The molecular formula is C18H24ClNO. The van der Waals surface area contributed by atoms with Gasteiger partial charge in [-0.25, -0.2) is 0 Å². The van der Waals surface area contributed by atoms with Crippen LogP contribution < -0.4 is 10.1 Å². The van der Waals surface area contributed by atoms with Crippen molar-refractivity contribution in [2.75, 3.05) is 6.54 Å². The molecule has 0 aromatic heterocycles. The van der Waals surface area contributed by atoms with Crippen LogP contribution in [0.15, 0.2) is 36.4 Å². The van der Waals surface area contributed by atoms with E-state index in [9.17, 15) is 0 Å². The molecule has 0 aliphatic heterocycles. The number of halogens is 1. The zero-order valence-corrected chi connectivity index (χ0v) is 14.0. The lowest BCUT2D eigenvalue weighted by molar-refractivity contribution is 0.183. The van der Waals surface area contributed by atoms with Crippen LogP contribution in [0.25, 0.3) is 10.8 Å². The number of ether oxygens (including phenoxy) is 1. The Morgan fingerprint density at radius 3 is 2.38 bits per heavy atom. The van der Waals surface area contributed by atoms with Crippen molar-refractivity contribution in [3.63, 3.8) is 0 Å². The lowest BCUT2D eigenvalue weighted by atomic mass is 10.1. The molecule has 114 valence electrons. The number of hydrogen-bond acceptors (Lipinski definition) is 2. The lowest BCUT2D eigenvalue weighted by Crippen LogP contribution is -2.42. The molecule has 0 radical (unpaired) electrons. The fourth-order valence-corrected chi connectivity index (χ4v) is 2.43. The van der Waals surface area contributed by atoms with Crippen molar-refractivity contribution in [1.29, 1.82) is 0 Å². The summed E-state index contributed by atoms with van der Waals surface area (Å²) in [6.07, 6.45) is 1.11. The average Bonchev–Trinajstić information content (AvgIpc) is 2.45. The van der Waals surface area contributed by atoms with Gasteiger partial charge in [0.1, 0.15) is 11.9 Å². The second-order valence-electron chi connectivity index (χ2n) is 6.37. The first-order valence-electron chi connectivity index (χ1n) is 7.49. The molecule has 0 spiro atoms. The molecule has 0 bridgehead atoms. The Labute approximate surface area is 132 Å². The van der Waals surface area contributed by atoms with Crippen LogP contribution in [0.5, 0.6) is 5.75 Å². The summed E-state index contributed by atoms with van der Waals surface area (Å²) in [7, 11) is 0. The van der Waals surface area contributed by atoms with Crippen LogP contribution in [-0.2, 0) is 0 Å². The van der Waals surface area contributed by atoms with Crippen LogP contribution in [0.1, 0.15) is 34.1 Å². The molecule has 0 aliphatic carbocycles. The standard InChI is InChI=1S/C18H24ClNO/c1-5-13(12-20-18(2,3)4)21-17-11-10-16(19)14-8-6-7-9-15(14)17/h6-11,13,20H,5,12H2,1-4H3. The highest BCUT2D eigenvalue weighted by Crippen LogP contribution is 2.32. The van der Waals surface area contributed by atoms with Gasteiger partial charge in [-0.1, -0.05) is 42.8 Å². The first kappa shape index (κ1) is 16.1. The topological polar surface area (TPSA) is 21.3 Å². The molecule has 1 unspecified atom stereocenters. The molecule has 0 fully saturated rings. The first-order chi connectivity index (χ1) is 9.90. The van der Waals surface area contributed by atoms with E-state index in [4.69, 9.17) is 16.3 Å². The summed E-state index contributed by atoms with van der Waals surface area (Å²) in [6.45, 7) is 9.47. The Morgan fingerprint density at radius 1 is 1.10 bits per heavy atom. The molecule has 3 heteroatoms. The summed E-state index contributed by atoms with van der Waals surface area (Å²) in [5.74, 6) is 0.901. The van der Waals surface area contributed by atoms with E-state index in [1.54, 1.807) is 0 Å². The largest absolute Gasteiger partial charge is 0.488 e. The van der Waals surface area contributed by atoms with Crippen molar-refractivity contribution in [3.8, 4) is 5.75 Å². The maximum absolute atomic E-state index is 6.25. The molecular weight excluding hydrogens is 282 g/mol. The van der Waals surface area contributed by atoms with Gasteiger partial charge < -0.3 is 10.1 Å². The molecule has 1 atom stereocenters. The Bertz CT molecular complexity index is 604. The lowest BCUT2D eigenvalue weighted by Gasteiger charge is -2.25. The highest BCUT2D eigenvalue weighted by molar-refractivity contribution is 6.35. The van der Waals surface area contributed by atoms with Gasteiger partial charge in [-0.15, -0.1) is 0 Å². The second kappa shape index (κ2) is 6.67. The molecule has 2 aromatic carbocycles. The predicted octanol–water partition coefficient (Wildman–Crippen LogP) is 5.04. The second-order valence-corrected chi connectivity index (χ2v) is 6.78. The minimum atomic E-state index is 0.0961. The van der Waals surface area contributed by atoms with Crippen molar-refractivity contribution in [3.05, 3.63) is 41.4 Å². The van der Waals surface area contributed by atoms with E-state index >= 15 is 0 Å². The minimum absolute atomic E-state index is 0.0961. The molecule has 1 N–H and O–H groups in total. The van der Waals surface area contributed by atoms with Gasteiger partial charge in [0.25, 0.3) is 0 Å². The molecule has 0 saturated heterocycles. The number of hydrogen-bond donors (Lipinski definition) is 1. The van der Waals surface area contributed by atoms with Gasteiger partial charge in [-0.2, -0.15) is 0 Å². The van der Waals surface area contributed by atoms with E-state index in [1.807, 2.05) is 30.3 Å². The van der Waals surface area contributed by atoms with Crippen LogP contribution >= 0.6 is 11.6 Å². The normalized spacial score (nSPS) is 13.4. The Morgan fingerprint density at radius 2 is 1.76 bits per heavy atom. The third-order valence-electron chi connectivity index (χ3n) is 3.44. The van der Waals surface area contributed by atoms with Crippen LogP contribution in [0.4, 0.5) is 0 Å². The monoisotopic (exact) mass is 305 g/mol. The highest BCUT2D eigenvalue weighted by Gasteiger charge is 2.15. The van der Waals surface area contributed by atoms with Crippen molar-refractivity contribution in [1.82, 2.24) is 5.32 Å². The minimum Gasteiger partial charge on any atom is -0.488 e. The summed E-state index contributed by atoms with van der Waals surface area (Å²) in [5.41, 5.74) is 0.0961. The van der Waals surface area contributed by atoms with E-state index in [-0.39, 0.29) is 11.6 Å². The number of rotatable bonds is 5. The molecule has 0 aliphatic rings. The zero-order valence-electron chi connectivity index (χ0n) is 13.2. The molecule has 2 rings (SSSR count). The number of benzene rings is 2. The van der Waals surface area contributed by atoms with E-state index in [0.717, 1.165) is 34.5 Å². The summed E-state index contributed by atoms with van der Waals surface area (Å²) in [4.78, 5) is 0. The van der Waals surface area contributed by atoms with Crippen molar-refractivity contribution < 1.29 is 4.74 Å². The Balaban J connectivity index is 2.20. The Hall–Kier alpha value is -1.25. The molecule has 0 amide bonds. The highest BCUT2D eigenvalue weighted by atomic mass is 35.5. The molecule has 0 heterocycles. The van der Waals surface area contributed by atoms with Crippen molar-refractivity contribution in [2.24, 2.45) is 0 Å². The van der Waals surface area contributed by atoms with Gasteiger partial charge in [0, 0.05) is 27.9 Å². The van der Waals surface area contributed by atoms with E-state index in [0.29, 0.717) is 0 Å². The van der Waals surface area contributed by atoms with E-state index < -0.39 is 0 Å². The van der Waals surface area contributed by atoms with Gasteiger partial charge in [0.15, 0.2) is 0 Å². The quantitative estimate of drug-likeness (QED) is 0.835. The molecule has 0 saturated carbocycles. The molecule has 2 nitrogen and oxygen atoms in total.